The molecular formula is C21H21N5. The average molecular weight is 343 g/mol. The topological polar surface area (TPSA) is 55.1 Å². The van der Waals surface area contributed by atoms with Crippen molar-refractivity contribution in [2.45, 2.75) is 19.4 Å². The molecule has 5 nitrogen and oxygen atoms in total. The SMILES string of the molecule is C[C@H](CNCc1cc(-c2ccccc2)cn2nnnc12)c1ccccc1. The van der Waals surface area contributed by atoms with Crippen LogP contribution in [0.2, 0.25) is 0 Å². The summed E-state index contributed by atoms with van der Waals surface area (Å²) >= 11 is 0. The third-order valence-corrected chi connectivity index (χ3v) is 4.61. The van der Waals surface area contributed by atoms with E-state index >= 15 is 0 Å². The van der Waals surface area contributed by atoms with Gasteiger partial charge in [0.2, 0.25) is 0 Å². The quantitative estimate of drug-likeness (QED) is 0.580. The highest BCUT2D eigenvalue weighted by atomic mass is 15.5. The van der Waals surface area contributed by atoms with Crippen LogP contribution in [0.3, 0.4) is 0 Å². The number of pyridine rings is 1. The second-order valence-electron chi connectivity index (χ2n) is 6.51. The number of hydrogen-bond acceptors (Lipinski definition) is 4. The van der Waals surface area contributed by atoms with E-state index in [1.165, 1.54) is 5.56 Å². The highest BCUT2D eigenvalue weighted by molar-refractivity contribution is 5.66. The standard InChI is InChI=1S/C21H21N5/c1-16(17-8-4-2-5-9-17)13-22-14-19-12-20(18-10-6-3-7-11-18)15-26-21(19)23-24-25-26/h2-12,15-16,22H,13-14H2,1H3/t16-/m1/s1. The van der Waals surface area contributed by atoms with Crippen molar-refractivity contribution in [3.63, 3.8) is 0 Å². The first-order chi connectivity index (χ1) is 12.8. The molecule has 2 aromatic carbocycles. The number of nitrogens with one attached hydrogen (secondary N) is 1. The summed E-state index contributed by atoms with van der Waals surface area (Å²) in [5, 5.41) is 15.6. The number of rotatable bonds is 6. The number of aromatic nitrogens is 4. The molecule has 26 heavy (non-hydrogen) atoms. The lowest BCUT2D eigenvalue weighted by atomic mass is 10.0. The fourth-order valence-electron chi connectivity index (χ4n) is 3.15. The maximum atomic E-state index is 4.17. The van der Waals surface area contributed by atoms with Crippen molar-refractivity contribution in [1.29, 1.82) is 0 Å². The van der Waals surface area contributed by atoms with Crippen LogP contribution >= 0.6 is 0 Å². The Morgan fingerprint density at radius 1 is 0.962 bits per heavy atom. The molecule has 4 rings (SSSR count). The van der Waals surface area contributed by atoms with Gasteiger partial charge >= 0.3 is 0 Å². The number of fused-ring (bicyclic) bond motifs is 1. The first-order valence-electron chi connectivity index (χ1n) is 8.83. The molecule has 0 spiro atoms. The van der Waals surface area contributed by atoms with Crippen LogP contribution in [0.4, 0.5) is 0 Å². The summed E-state index contributed by atoms with van der Waals surface area (Å²) < 4.78 is 1.75. The fraction of sp³-hybridized carbons (Fsp3) is 0.190. The normalized spacial score (nSPS) is 12.3. The molecule has 0 saturated heterocycles. The van der Waals surface area contributed by atoms with Gasteiger partial charge in [0, 0.05) is 30.4 Å². The summed E-state index contributed by atoms with van der Waals surface area (Å²) in [5.74, 6) is 0.445. The predicted molar refractivity (Wildman–Crippen MR) is 103 cm³/mol. The van der Waals surface area contributed by atoms with E-state index in [4.69, 9.17) is 0 Å². The Morgan fingerprint density at radius 2 is 1.69 bits per heavy atom. The van der Waals surface area contributed by atoms with Gasteiger partial charge in [-0.25, -0.2) is 0 Å². The van der Waals surface area contributed by atoms with Crippen LogP contribution in [-0.4, -0.2) is 26.6 Å². The molecule has 0 radical (unpaired) electrons. The Morgan fingerprint density at radius 3 is 2.46 bits per heavy atom. The molecule has 0 unspecified atom stereocenters. The molecule has 130 valence electrons. The van der Waals surface area contributed by atoms with Gasteiger partial charge in [-0.1, -0.05) is 67.6 Å². The molecule has 0 saturated carbocycles. The molecule has 5 heteroatoms. The van der Waals surface area contributed by atoms with E-state index in [0.29, 0.717) is 5.92 Å². The summed E-state index contributed by atoms with van der Waals surface area (Å²) in [6.45, 7) is 3.85. The molecule has 0 aliphatic heterocycles. The van der Waals surface area contributed by atoms with E-state index in [1.54, 1.807) is 4.52 Å². The van der Waals surface area contributed by atoms with Gasteiger partial charge < -0.3 is 5.32 Å². The number of tetrazole rings is 1. The fourth-order valence-corrected chi connectivity index (χ4v) is 3.15. The van der Waals surface area contributed by atoms with Gasteiger partial charge in [-0.3, -0.25) is 0 Å². The number of benzene rings is 2. The lowest BCUT2D eigenvalue weighted by molar-refractivity contribution is 0.615. The second kappa shape index (κ2) is 7.45. The summed E-state index contributed by atoms with van der Waals surface area (Å²) in [5.41, 5.74) is 5.50. The molecule has 2 heterocycles. The van der Waals surface area contributed by atoms with Crippen molar-refractivity contribution in [2.24, 2.45) is 0 Å². The molecule has 1 N–H and O–H groups in total. The Kier molecular flexibility index (Phi) is 4.71. The smallest absolute Gasteiger partial charge is 0.183 e. The van der Waals surface area contributed by atoms with Crippen LogP contribution in [0.5, 0.6) is 0 Å². The zero-order chi connectivity index (χ0) is 17.8. The predicted octanol–water partition coefficient (Wildman–Crippen LogP) is 3.68. The summed E-state index contributed by atoms with van der Waals surface area (Å²) in [4.78, 5) is 0. The molecule has 0 aliphatic carbocycles. The lowest BCUT2D eigenvalue weighted by Gasteiger charge is -2.14. The molecular weight excluding hydrogens is 322 g/mol. The van der Waals surface area contributed by atoms with Crippen LogP contribution in [0.15, 0.2) is 72.9 Å². The van der Waals surface area contributed by atoms with Gasteiger partial charge in [-0.2, -0.15) is 4.52 Å². The average Bonchev–Trinajstić information content (AvgIpc) is 3.18. The van der Waals surface area contributed by atoms with E-state index in [-0.39, 0.29) is 0 Å². The van der Waals surface area contributed by atoms with Gasteiger partial charge in [0.15, 0.2) is 5.65 Å². The summed E-state index contributed by atoms with van der Waals surface area (Å²) in [7, 11) is 0. The van der Waals surface area contributed by atoms with E-state index in [0.717, 1.165) is 35.4 Å². The second-order valence-corrected chi connectivity index (χ2v) is 6.51. The third kappa shape index (κ3) is 3.48. The van der Waals surface area contributed by atoms with E-state index in [2.05, 4.69) is 70.2 Å². The molecule has 0 bridgehead atoms. The maximum absolute atomic E-state index is 4.17. The molecule has 0 aliphatic rings. The maximum Gasteiger partial charge on any atom is 0.183 e. The summed E-state index contributed by atoms with van der Waals surface area (Å²) in [6, 6.07) is 23.0. The molecule has 0 fully saturated rings. The van der Waals surface area contributed by atoms with Crippen LogP contribution < -0.4 is 5.32 Å². The third-order valence-electron chi connectivity index (χ3n) is 4.61. The molecule has 2 aromatic heterocycles. The first kappa shape index (κ1) is 16.4. The minimum absolute atomic E-state index is 0.445. The van der Waals surface area contributed by atoms with Gasteiger partial charge in [0.1, 0.15) is 0 Å². The van der Waals surface area contributed by atoms with Crippen molar-refractivity contribution in [2.75, 3.05) is 6.54 Å². The zero-order valence-electron chi connectivity index (χ0n) is 14.7. The lowest BCUT2D eigenvalue weighted by Crippen LogP contribution is -2.20. The monoisotopic (exact) mass is 343 g/mol. The highest BCUT2D eigenvalue weighted by Gasteiger charge is 2.10. The molecule has 0 amide bonds. The Bertz CT molecular complexity index is 979. The van der Waals surface area contributed by atoms with Crippen LogP contribution in [0.1, 0.15) is 24.0 Å². The minimum Gasteiger partial charge on any atom is -0.312 e. The number of nitrogens with zero attached hydrogens (tertiary/aromatic N) is 4. The van der Waals surface area contributed by atoms with Crippen molar-refractivity contribution in [3.8, 4) is 11.1 Å². The van der Waals surface area contributed by atoms with Crippen molar-refractivity contribution >= 4 is 5.65 Å². The van der Waals surface area contributed by atoms with Gasteiger partial charge in [0.25, 0.3) is 0 Å². The zero-order valence-corrected chi connectivity index (χ0v) is 14.7. The van der Waals surface area contributed by atoms with Gasteiger partial charge in [-0.05, 0) is 33.5 Å². The van der Waals surface area contributed by atoms with E-state index in [9.17, 15) is 0 Å². The summed E-state index contributed by atoms with van der Waals surface area (Å²) in [6.07, 6.45) is 1.97. The largest absolute Gasteiger partial charge is 0.312 e. The van der Waals surface area contributed by atoms with Crippen LogP contribution in [0, 0.1) is 0 Å². The van der Waals surface area contributed by atoms with Crippen LogP contribution in [0.25, 0.3) is 16.8 Å². The highest BCUT2D eigenvalue weighted by Crippen LogP contribution is 2.22. The molecule has 4 aromatic rings. The Labute approximate surface area is 152 Å². The van der Waals surface area contributed by atoms with E-state index < -0.39 is 0 Å². The van der Waals surface area contributed by atoms with Crippen molar-refractivity contribution < 1.29 is 0 Å². The Hall–Kier alpha value is -3.05. The first-order valence-corrected chi connectivity index (χ1v) is 8.83. The van der Waals surface area contributed by atoms with Gasteiger partial charge in [-0.15, -0.1) is 5.10 Å². The van der Waals surface area contributed by atoms with Crippen LogP contribution in [-0.2, 0) is 6.54 Å². The van der Waals surface area contributed by atoms with E-state index in [1.807, 2.05) is 30.5 Å². The minimum atomic E-state index is 0.445. The molecule has 1 atom stereocenters. The Balaban J connectivity index is 1.53. The van der Waals surface area contributed by atoms with Crippen molar-refractivity contribution in [3.05, 3.63) is 84.1 Å². The van der Waals surface area contributed by atoms with Crippen molar-refractivity contribution in [1.82, 2.24) is 25.4 Å². The number of hydrogen-bond donors (Lipinski definition) is 1. The van der Waals surface area contributed by atoms with Gasteiger partial charge in [0.05, 0.1) is 0 Å².